The van der Waals surface area contributed by atoms with Crippen LogP contribution < -0.4 is 24.3 Å². The number of rotatable bonds is 6. The number of likely N-dealkylation sites (tertiary alicyclic amines) is 1. The fraction of sp³-hybridized carbons (Fsp3) is 0.391. The van der Waals surface area contributed by atoms with Crippen LogP contribution in [0.4, 0.5) is 0 Å². The summed E-state index contributed by atoms with van der Waals surface area (Å²) in [5.41, 5.74) is 1.41. The maximum Gasteiger partial charge on any atom is 0.251 e. The first-order valence-corrected chi connectivity index (χ1v) is 10.3. The summed E-state index contributed by atoms with van der Waals surface area (Å²) in [6.45, 7) is 1.40. The lowest BCUT2D eigenvalue weighted by atomic mass is 10.0. The van der Waals surface area contributed by atoms with Crippen LogP contribution in [0, 0.1) is 0 Å². The van der Waals surface area contributed by atoms with Crippen molar-refractivity contribution >= 4 is 11.8 Å². The summed E-state index contributed by atoms with van der Waals surface area (Å²) in [4.78, 5) is 27.1. The number of piperidine rings is 1. The van der Waals surface area contributed by atoms with Gasteiger partial charge in [0, 0.05) is 24.7 Å². The topological polar surface area (TPSA) is 86.3 Å². The maximum absolute atomic E-state index is 12.7. The summed E-state index contributed by atoms with van der Waals surface area (Å²) in [6, 6.07) is 10.7. The molecule has 2 aliphatic heterocycles. The molecule has 2 aromatic carbocycles. The lowest BCUT2D eigenvalue weighted by Crippen LogP contribution is -2.47. The number of hydrogen-bond acceptors (Lipinski definition) is 6. The second kappa shape index (κ2) is 9.16. The fourth-order valence-corrected chi connectivity index (χ4v) is 3.86. The van der Waals surface area contributed by atoms with Crippen LogP contribution >= 0.6 is 0 Å². The highest BCUT2D eigenvalue weighted by molar-refractivity contribution is 5.95. The molecule has 0 atom stereocenters. The molecule has 2 heterocycles. The van der Waals surface area contributed by atoms with Crippen LogP contribution in [0.1, 0.15) is 28.8 Å². The van der Waals surface area contributed by atoms with E-state index in [9.17, 15) is 9.59 Å². The summed E-state index contributed by atoms with van der Waals surface area (Å²) in [5, 5.41) is 3.06. The van der Waals surface area contributed by atoms with Crippen LogP contribution in [0.3, 0.4) is 0 Å². The minimum absolute atomic E-state index is 0.0306. The first-order chi connectivity index (χ1) is 15.1. The molecule has 164 valence electrons. The maximum atomic E-state index is 12.7. The molecule has 0 aliphatic carbocycles. The number of methoxy groups -OCH3 is 2. The molecule has 2 amide bonds. The highest BCUT2D eigenvalue weighted by Crippen LogP contribution is 2.32. The molecule has 0 radical (unpaired) electrons. The molecule has 31 heavy (non-hydrogen) atoms. The molecule has 0 bridgehead atoms. The van der Waals surface area contributed by atoms with Crippen molar-refractivity contribution in [2.24, 2.45) is 0 Å². The Morgan fingerprint density at radius 2 is 1.74 bits per heavy atom. The summed E-state index contributed by atoms with van der Waals surface area (Å²) in [6.07, 6.45) is 1.73. The van der Waals surface area contributed by atoms with Crippen molar-refractivity contribution in [1.29, 1.82) is 0 Å². The highest BCUT2D eigenvalue weighted by atomic mass is 16.7. The van der Waals surface area contributed by atoms with Gasteiger partial charge in [-0.15, -0.1) is 0 Å². The largest absolute Gasteiger partial charge is 0.493 e. The molecule has 2 aliphatic rings. The Bertz CT molecular complexity index is 969. The van der Waals surface area contributed by atoms with E-state index in [-0.39, 0.29) is 24.6 Å². The summed E-state index contributed by atoms with van der Waals surface area (Å²) in [7, 11) is 3.16. The zero-order valence-corrected chi connectivity index (χ0v) is 17.7. The molecule has 0 saturated carbocycles. The third kappa shape index (κ3) is 4.68. The summed E-state index contributed by atoms with van der Waals surface area (Å²) in [5.74, 6) is 2.40. The van der Waals surface area contributed by atoms with Gasteiger partial charge < -0.3 is 29.2 Å². The van der Waals surface area contributed by atoms with Crippen molar-refractivity contribution in [3.8, 4) is 23.0 Å². The van der Waals surface area contributed by atoms with E-state index in [2.05, 4.69) is 5.32 Å². The molecule has 2 aromatic rings. The molecule has 0 aromatic heterocycles. The standard InChI is InChI=1S/C23H26N2O6/c1-28-18-5-3-15(11-20(18)29-2)12-22(26)25-9-7-17(8-10-25)24-23(27)16-4-6-19-21(13-16)31-14-30-19/h3-6,11,13,17H,7-10,12,14H2,1-2H3,(H,24,27). The quantitative estimate of drug-likeness (QED) is 0.764. The monoisotopic (exact) mass is 426 g/mol. The van der Waals surface area contributed by atoms with Gasteiger partial charge in [-0.1, -0.05) is 6.07 Å². The van der Waals surface area contributed by atoms with Gasteiger partial charge in [0.25, 0.3) is 5.91 Å². The Morgan fingerprint density at radius 1 is 1.00 bits per heavy atom. The number of carbonyl (C=O) groups is 2. The number of benzene rings is 2. The van der Waals surface area contributed by atoms with Crippen LogP contribution in [0.5, 0.6) is 23.0 Å². The first kappa shape index (κ1) is 20.8. The third-order valence-electron chi connectivity index (χ3n) is 5.62. The van der Waals surface area contributed by atoms with Crippen LogP contribution in [0.2, 0.25) is 0 Å². The first-order valence-electron chi connectivity index (χ1n) is 10.3. The van der Waals surface area contributed by atoms with Crippen molar-refractivity contribution < 1.29 is 28.5 Å². The van der Waals surface area contributed by atoms with Crippen molar-refractivity contribution in [3.05, 3.63) is 47.5 Å². The number of ether oxygens (including phenoxy) is 4. The van der Waals surface area contributed by atoms with Crippen molar-refractivity contribution in [2.45, 2.75) is 25.3 Å². The van der Waals surface area contributed by atoms with Gasteiger partial charge in [-0.05, 0) is 48.7 Å². The lowest BCUT2D eigenvalue weighted by molar-refractivity contribution is -0.131. The van der Waals surface area contributed by atoms with E-state index in [1.54, 1.807) is 38.5 Å². The van der Waals surface area contributed by atoms with E-state index in [0.717, 1.165) is 5.56 Å². The van der Waals surface area contributed by atoms with Crippen LogP contribution in [0.15, 0.2) is 36.4 Å². The van der Waals surface area contributed by atoms with Gasteiger partial charge in [-0.2, -0.15) is 0 Å². The summed E-state index contributed by atoms with van der Waals surface area (Å²) < 4.78 is 21.2. The van der Waals surface area contributed by atoms with Gasteiger partial charge >= 0.3 is 0 Å². The number of hydrogen-bond donors (Lipinski definition) is 1. The Morgan fingerprint density at radius 3 is 2.48 bits per heavy atom. The smallest absolute Gasteiger partial charge is 0.251 e. The average molecular weight is 426 g/mol. The number of nitrogens with one attached hydrogen (secondary N) is 1. The van der Waals surface area contributed by atoms with Gasteiger partial charge in [-0.3, -0.25) is 9.59 Å². The molecule has 8 nitrogen and oxygen atoms in total. The van der Waals surface area contributed by atoms with Crippen LogP contribution in [-0.2, 0) is 11.2 Å². The van der Waals surface area contributed by atoms with Crippen LogP contribution in [-0.4, -0.2) is 56.9 Å². The van der Waals surface area contributed by atoms with E-state index >= 15 is 0 Å². The van der Waals surface area contributed by atoms with Gasteiger partial charge in [0.05, 0.1) is 20.6 Å². The van der Waals surface area contributed by atoms with E-state index < -0.39 is 0 Å². The third-order valence-corrected chi connectivity index (χ3v) is 5.62. The van der Waals surface area contributed by atoms with E-state index in [1.807, 2.05) is 17.0 Å². The Labute approximate surface area is 181 Å². The molecular weight excluding hydrogens is 400 g/mol. The molecule has 1 N–H and O–H groups in total. The lowest BCUT2D eigenvalue weighted by Gasteiger charge is -2.32. The highest BCUT2D eigenvalue weighted by Gasteiger charge is 2.25. The number of amides is 2. The zero-order valence-electron chi connectivity index (χ0n) is 17.7. The molecule has 0 unspecified atom stereocenters. The van der Waals surface area contributed by atoms with Gasteiger partial charge in [0.15, 0.2) is 23.0 Å². The minimum atomic E-state index is -0.145. The minimum Gasteiger partial charge on any atom is -0.493 e. The molecule has 1 saturated heterocycles. The van der Waals surface area contributed by atoms with Crippen LogP contribution in [0.25, 0.3) is 0 Å². The SMILES string of the molecule is COc1ccc(CC(=O)N2CCC(NC(=O)c3ccc4c(c3)OCO4)CC2)cc1OC. The second-order valence-electron chi connectivity index (χ2n) is 7.56. The Balaban J connectivity index is 1.28. The normalized spacial score (nSPS) is 15.5. The van der Waals surface area contributed by atoms with Gasteiger partial charge in [-0.25, -0.2) is 0 Å². The van der Waals surface area contributed by atoms with Crippen molar-refractivity contribution in [2.75, 3.05) is 34.1 Å². The fourth-order valence-electron chi connectivity index (χ4n) is 3.86. The Kier molecular flexibility index (Phi) is 6.16. The molecule has 0 spiro atoms. The molecule has 4 rings (SSSR count). The number of carbonyl (C=O) groups excluding carboxylic acids is 2. The van der Waals surface area contributed by atoms with Gasteiger partial charge in [0.1, 0.15) is 0 Å². The Hall–Kier alpha value is -3.42. The summed E-state index contributed by atoms with van der Waals surface area (Å²) >= 11 is 0. The second-order valence-corrected chi connectivity index (χ2v) is 7.56. The number of nitrogens with zero attached hydrogens (tertiary/aromatic N) is 1. The molecule has 1 fully saturated rings. The predicted molar refractivity (Wildman–Crippen MR) is 113 cm³/mol. The van der Waals surface area contributed by atoms with Crippen molar-refractivity contribution in [3.63, 3.8) is 0 Å². The van der Waals surface area contributed by atoms with E-state index in [4.69, 9.17) is 18.9 Å². The van der Waals surface area contributed by atoms with Gasteiger partial charge in [0.2, 0.25) is 12.7 Å². The average Bonchev–Trinajstić information content (AvgIpc) is 3.27. The predicted octanol–water partition coefficient (Wildman–Crippen LogP) is 2.40. The van der Waals surface area contributed by atoms with Crippen molar-refractivity contribution in [1.82, 2.24) is 10.2 Å². The molecule has 8 heteroatoms. The zero-order chi connectivity index (χ0) is 21.8. The number of fused-ring (bicyclic) bond motifs is 1. The molecular formula is C23H26N2O6. The van der Waals surface area contributed by atoms with E-state index in [0.29, 0.717) is 60.9 Å². The van der Waals surface area contributed by atoms with E-state index in [1.165, 1.54) is 0 Å².